The van der Waals surface area contributed by atoms with Gasteiger partial charge in [-0.15, -0.1) is 0 Å². The van der Waals surface area contributed by atoms with Crippen LogP contribution in [0.2, 0.25) is 5.02 Å². The lowest BCUT2D eigenvalue weighted by molar-refractivity contribution is 0.0376. The van der Waals surface area contributed by atoms with Crippen LogP contribution in [-0.2, 0) is 4.74 Å². The number of anilines is 1. The van der Waals surface area contributed by atoms with Gasteiger partial charge in [0, 0.05) is 36.8 Å². The summed E-state index contributed by atoms with van der Waals surface area (Å²) < 4.78 is 17.2. The van der Waals surface area contributed by atoms with Crippen LogP contribution in [0.4, 0.5) is 5.13 Å². The quantitative estimate of drug-likeness (QED) is 0.554. The Morgan fingerprint density at radius 3 is 2.84 bits per heavy atom. The average molecular weight is 460 g/mol. The number of ether oxygens (including phenoxy) is 3. The lowest BCUT2D eigenvalue weighted by Crippen LogP contribution is -2.39. The predicted molar refractivity (Wildman–Crippen MR) is 121 cm³/mol. The molecule has 3 aromatic rings. The van der Waals surface area contributed by atoms with Gasteiger partial charge in [-0.25, -0.2) is 4.98 Å². The number of rotatable bonds is 6. The van der Waals surface area contributed by atoms with Crippen molar-refractivity contribution in [2.45, 2.75) is 6.42 Å². The summed E-state index contributed by atoms with van der Waals surface area (Å²) in [5.74, 6) is 1.14. The molecule has 9 heteroatoms. The highest BCUT2D eigenvalue weighted by molar-refractivity contribution is 7.22. The van der Waals surface area contributed by atoms with Gasteiger partial charge in [-0.2, -0.15) is 0 Å². The maximum atomic E-state index is 13.5. The maximum Gasteiger partial charge on any atom is 0.260 e. The lowest BCUT2D eigenvalue weighted by atomic mass is 10.1. The molecule has 0 spiro atoms. The Kier molecular flexibility index (Phi) is 5.95. The molecule has 0 aliphatic carbocycles. The standard InChI is InChI=1S/C22H22ClN3O4S/c23-16-3-4-17-20(13-16)31-22(24-17)26(7-1-6-25-8-10-28-11-9-25)21(27)15-2-5-18-19(12-15)30-14-29-18/h2-5,12-13H,1,6-11,14H2. The van der Waals surface area contributed by atoms with Gasteiger partial charge in [-0.1, -0.05) is 22.9 Å². The number of nitrogens with zero attached hydrogens (tertiary/aromatic N) is 3. The minimum absolute atomic E-state index is 0.106. The Labute approximate surface area is 189 Å². The number of fused-ring (bicyclic) bond motifs is 2. The number of carbonyl (C=O) groups is 1. The molecule has 31 heavy (non-hydrogen) atoms. The van der Waals surface area contributed by atoms with Crippen LogP contribution in [0.25, 0.3) is 10.2 Å². The summed E-state index contributed by atoms with van der Waals surface area (Å²) in [5.41, 5.74) is 1.38. The normalized spacial score (nSPS) is 16.0. The van der Waals surface area contributed by atoms with Crippen molar-refractivity contribution in [1.29, 1.82) is 0 Å². The number of morpholine rings is 1. The second-order valence-electron chi connectivity index (χ2n) is 7.44. The maximum absolute atomic E-state index is 13.5. The second kappa shape index (κ2) is 9.00. The molecule has 1 aromatic heterocycles. The predicted octanol–water partition coefficient (Wildman–Crippen LogP) is 4.05. The van der Waals surface area contributed by atoms with E-state index in [1.807, 2.05) is 18.2 Å². The Morgan fingerprint density at radius 1 is 1.13 bits per heavy atom. The molecule has 0 unspecified atom stereocenters. The van der Waals surface area contributed by atoms with E-state index in [0.29, 0.717) is 33.8 Å². The SMILES string of the molecule is O=C(c1ccc2c(c1)OCO2)N(CCCN1CCOCC1)c1nc2ccc(Cl)cc2s1. The first-order valence-corrected chi connectivity index (χ1v) is 11.4. The van der Waals surface area contributed by atoms with E-state index < -0.39 is 0 Å². The Hall–Kier alpha value is -2.39. The van der Waals surface area contributed by atoms with E-state index in [-0.39, 0.29) is 12.7 Å². The third-order valence-electron chi connectivity index (χ3n) is 5.39. The summed E-state index contributed by atoms with van der Waals surface area (Å²) in [6.45, 7) is 5.03. The molecule has 7 nitrogen and oxygen atoms in total. The number of halogens is 1. The summed E-state index contributed by atoms with van der Waals surface area (Å²) in [4.78, 5) is 22.3. The number of amides is 1. The Balaban J connectivity index is 1.40. The molecule has 0 atom stereocenters. The van der Waals surface area contributed by atoms with Gasteiger partial charge in [0.2, 0.25) is 6.79 Å². The summed E-state index contributed by atoms with van der Waals surface area (Å²) in [7, 11) is 0. The van der Waals surface area contributed by atoms with Crippen LogP contribution in [-0.4, -0.2) is 62.0 Å². The first-order chi connectivity index (χ1) is 15.2. The van der Waals surface area contributed by atoms with E-state index in [1.54, 1.807) is 23.1 Å². The van der Waals surface area contributed by atoms with E-state index in [0.717, 1.165) is 49.5 Å². The highest BCUT2D eigenvalue weighted by Gasteiger charge is 2.24. The lowest BCUT2D eigenvalue weighted by Gasteiger charge is -2.27. The average Bonchev–Trinajstić information content (AvgIpc) is 3.42. The number of hydrogen-bond donors (Lipinski definition) is 0. The van der Waals surface area contributed by atoms with Crippen LogP contribution in [0.1, 0.15) is 16.8 Å². The van der Waals surface area contributed by atoms with Gasteiger partial charge < -0.3 is 14.2 Å². The van der Waals surface area contributed by atoms with Gasteiger partial charge >= 0.3 is 0 Å². The Bertz CT molecular complexity index is 1100. The van der Waals surface area contributed by atoms with Gasteiger partial charge in [0.15, 0.2) is 16.6 Å². The van der Waals surface area contributed by atoms with Crippen molar-refractivity contribution >= 4 is 44.2 Å². The molecular weight excluding hydrogens is 438 g/mol. The van der Waals surface area contributed by atoms with Crippen molar-refractivity contribution in [2.75, 3.05) is 51.1 Å². The molecule has 0 radical (unpaired) electrons. The van der Waals surface area contributed by atoms with Crippen LogP contribution in [0.3, 0.4) is 0 Å². The van der Waals surface area contributed by atoms with Crippen molar-refractivity contribution in [3.8, 4) is 11.5 Å². The number of aromatic nitrogens is 1. The van der Waals surface area contributed by atoms with Crippen molar-refractivity contribution in [1.82, 2.24) is 9.88 Å². The molecule has 0 saturated carbocycles. The molecule has 2 aromatic carbocycles. The fourth-order valence-electron chi connectivity index (χ4n) is 3.75. The highest BCUT2D eigenvalue weighted by atomic mass is 35.5. The summed E-state index contributed by atoms with van der Waals surface area (Å²) in [6, 6.07) is 10.9. The monoisotopic (exact) mass is 459 g/mol. The fraction of sp³-hybridized carbons (Fsp3) is 0.364. The van der Waals surface area contributed by atoms with Crippen LogP contribution in [0.15, 0.2) is 36.4 Å². The molecule has 1 saturated heterocycles. The summed E-state index contributed by atoms with van der Waals surface area (Å²) >= 11 is 7.62. The molecule has 3 heterocycles. The van der Waals surface area contributed by atoms with E-state index in [4.69, 9.17) is 30.8 Å². The second-order valence-corrected chi connectivity index (χ2v) is 8.89. The van der Waals surface area contributed by atoms with E-state index in [9.17, 15) is 4.79 Å². The van der Waals surface area contributed by atoms with Gasteiger partial charge in [0.05, 0.1) is 23.4 Å². The zero-order valence-electron chi connectivity index (χ0n) is 16.9. The van der Waals surface area contributed by atoms with Gasteiger partial charge in [0.1, 0.15) is 0 Å². The molecule has 1 fully saturated rings. The van der Waals surface area contributed by atoms with Crippen LogP contribution >= 0.6 is 22.9 Å². The fourth-order valence-corrected chi connectivity index (χ4v) is 5.01. The molecule has 0 N–H and O–H groups in total. The third-order valence-corrected chi connectivity index (χ3v) is 6.67. The molecule has 2 aliphatic rings. The van der Waals surface area contributed by atoms with E-state index in [2.05, 4.69) is 4.90 Å². The molecule has 162 valence electrons. The van der Waals surface area contributed by atoms with Crippen molar-refractivity contribution in [2.24, 2.45) is 0 Å². The van der Waals surface area contributed by atoms with E-state index >= 15 is 0 Å². The minimum Gasteiger partial charge on any atom is -0.454 e. The number of carbonyl (C=O) groups excluding carboxylic acids is 1. The number of thiazole rings is 1. The van der Waals surface area contributed by atoms with Crippen molar-refractivity contribution in [3.05, 3.63) is 47.0 Å². The molecule has 0 bridgehead atoms. The topological polar surface area (TPSA) is 64.1 Å². The van der Waals surface area contributed by atoms with Crippen LogP contribution in [0, 0.1) is 0 Å². The largest absolute Gasteiger partial charge is 0.454 e. The third kappa shape index (κ3) is 4.48. The first kappa shape index (κ1) is 20.5. The van der Waals surface area contributed by atoms with Crippen LogP contribution in [0.5, 0.6) is 11.5 Å². The highest BCUT2D eigenvalue weighted by Crippen LogP contribution is 2.35. The smallest absolute Gasteiger partial charge is 0.260 e. The molecule has 5 rings (SSSR count). The van der Waals surface area contributed by atoms with Gasteiger partial charge in [0.25, 0.3) is 5.91 Å². The zero-order chi connectivity index (χ0) is 21.2. The first-order valence-electron chi connectivity index (χ1n) is 10.2. The molecule has 2 aliphatic heterocycles. The van der Waals surface area contributed by atoms with Crippen molar-refractivity contribution < 1.29 is 19.0 Å². The number of benzene rings is 2. The molecule has 1 amide bonds. The summed E-state index contributed by atoms with van der Waals surface area (Å²) in [6.07, 6.45) is 0.840. The zero-order valence-corrected chi connectivity index (χ0v) is 18.5. The van der Waals surface area contributed by atoms with Crippen LogP contribution < -0.4 is 14.4 Å². The summed E-state index contributed by atoms with van der Waals surface area (Å²) in [5, 5.41) is 1.32. The number of hydrogen-bond acceptors (Lipinski definition) is 7. The van der Waals surface area contributed by atoms with E-state index in [1.165, 1.54) is 11.3 Å². The minimum atomic E-state index is -0.106. The van der Waals surface area contributed by atoms with Gasteiger partial charge in [-0.3, -0.25) is 14.6 Å². The van der Waals surface area contributed by atoms with Gasteiger partial charge in [-0.05, 0) is 42.8 Å². The Morgan fingerprint density at radius 2 is 1.97 bits per heavy atom. The van der Waals surface area contributed by atoms with Crippen molar-refractivity contribution in [3.63, 3.8) is 0 Å². The molecular formula is C22H22ClN3O4S.